The molecular formula is C9H13LiN2O3. The molecule has 1 heterocycles. The van der Waals surface area contributed by atoms with Gasteiger partial charge in [0, 0.05) is 18.9 Å². The van der Waals surface area contributed by atoms with Gasteiger partial charge in [-0.3, -0.25) is 4.68 Å². The molecule has 78 valence electrons. The topological polar surface area (TPSA) is 67.2 Å². The molecule has 6 heteroatoms. The normalized spacial score (nSPS) is 10.9. The first kappa shape index (κ1) is 14.2. The number of ether oxygens (including phenoxy) is 1. The summed E-state index contributed by atoms with van der Waals surface area (Å²) in [6.45, 7) is 4.29. The number of carbonyl (C=O) groups is 1. The van der Waals surface area contributed by atoms with Crippen molar-refractivity contribution in [1.29, 1.82) is 0 Å². The quantitative estimate of drug-likeness (QED) is 0.481. The number of carboxylic acids is 1. The van der Waals surface area contributed by atoms with Gasteiger partial charge in [0.25, 0.3) is 0 Å². The Labute approximate surface area is 101 Å². The number of hydrogen-bond acceptors (Lipinski definition) is 4. The van der Waals surface area contributed by atoms with Crippen molar-refractivity contribution in [2.24, 2.45) is 0 Å². The number of carbonyl (C=O) groups excluding carboxylic acids is 1. The molecular weight excluding hydrogens is 191 g/mol. The van der Waals surface area contributed by atoms with E-state index < -0.39 is 5.97 Å². The minimum absolute atomic E-state index is 0. The van der Waals surface area contributed by atoms with Crippen LogP contribution in [0.3, 0.4) is 0 Å². The van der Waals surface area contributed by atoms with Gasteiger partial charge in [0.1, 0.15) is 0 Å². The summed E-state index contributed by atoms with van der Waals surface area (Å²) in [5, 5.41) is 14.3. The Kier molecular flexibility index (Phi) is 5.08. The Balaban J connectivity index is 0.00000196. The minimum atomic E-state index is -1.22. The van der Waals surface area contributed by atoms with Crippen molar-refractivity contribution in [2.45, 2.75) is 26.0 Å². The molecule has 15 heavy (non-hydrogen) atoms. The van der Waals surface area contributed by atoms with E-state index in [0.29, 0.717) is 6.54 Å². The van der Waals surface area contributed by atoms with Gasteiger partial charge in [0.2, 0.25) is 0 Å². The van der Waals surface area contributed by atoms with Crippen molar-refractivity contribution in [3.63, 3.8) is 0 Å². The number of hydrogen-bond donors (Lipinski definition) is 0. The SMILES string of the molecule is COC(C)(C)Cn1cc(C(=O)[O-])cn1.[Li+]. The van der Waals surface area contributed by atoms with E-state index in [1.807, 2.05) is 13.8 Å². The molecule has 1 aromatic heterocycles. The van der Waals surface area contributed by atoms with E-state index in [4.69, 9.17) is 4.74 Å². The molecule has 0 saturated carbocycles. The van der Waals surface area contributed by atoms with Crippen molar-refractivity contribution in [2.75, 3.05) is 7.11 Å². The number of aromatic nitrogens is 2. The maximum atomic E-state index is 10.5. The first-order valence-corrected chi connectivity index (χ1v) is 4.23. The van der Waals surface area contributed by atoms with Crippen LogP contribution in [0.25, 0.3) is 0 Å². The number of aromatic carboxylic acids is 1. The van der Waals surface area contributed by atoms with E-state index in [2.05, 4.69) is 5.10 Å². The molecule has 0 saturated heterocycles. The number of rotatable bonds is 4. The second-order valence-corrected chi connectivity index (χ2v) is 3.68. The van der Waals surface area contributed by atoms with E-state index in [9.17, 15) is 9.90 Å². The first-order chi connectivity index (χ1) is 6.44. The van der Waals surface area contributed by atoms with Crippen molar-refractivity contribution >= 4 is 5.97 Å². The summed E-state index contributed by atoms with van der Waals surface area (Å²) in [4.78, 5) is 10.5. The van der Waals surface area contributed by atoms with Gasteiger partial charge < -0.3 is 14.6 Å². The van der Waals surface area contributed by atoms with E-state index >= 15 is 0 Å². The van der Waals surface area contributed by atoms with Gasteiger partial charge >= 0.3 is 18.9 Å². The molecule has 0 aliphatic heterocycles. The summed E-state index contributed by atoms with van der Waals surface area (Å²) in [5.41, 5.74) is -0.285. The molecule has 0 spiro atoms. The van der Waals surface area contributed by atoms with Gasteiger partial charge in [-0.25, -0.2) is 0 Å². The molecule has 0 amide bonds. The first-order valence-electron chi connectivity index (χ1n) is 4.23. The Morgan fingerprint density at radius 1 is 1.67 bits per heavy atom. The molecule has 0 unspecified atom stereocenters. The van der Waals surface area contributed by atoms with Crippen molar-refractivity contribution < 1.29 is 33.5 Å². The zero-order chi connectivity index (χ0) is 10.8. The van der Waals surface area contributed by atoms with Crippen LogP contribution >= 0.6 is 0 Å². The summed E-state index contributed by atoms with van der Waals surface area (Å²) in [7, 11) is 1.60. The van der Waals surface area contributed by atoms with Crippen LogP contribution < -0.4 is 24.0 Å². The zero-order valence-electron chi connectivity index (χ0n) is 9.48. The maximum absolute atomic E-state index is 10.5. The Hall–Kier alpha value is -0.763. The van der Waals surface area contributed by atoms with Crippen LogP contribution in [0.1, 0.15) is 24.2 Å². The Morgan fingerprint density at radius 2 is 2.27 bits per heavy atom. The number of nitrogens with zero attached hydrogens (tertiary/aromatic N) is 2. The standard InChI is InChI=1S/C9H14N2O3.Li/c1-9(2,14-3)6-11-5-7(4-10-11)8(12)13;/h4-5H,6H2,1-3H3,(H,12,13);/q;+1/p-1. The number of carboxylic acid groups (broad SMARTS) is 1. The average molecular weight is 204 g/mol. The minimum Gasteiger partial charge on any atom is -0.545 e. The second-order valence-electron chi connectivity index (χ2n) is 3.68. The van der Waals surface area contributed by atoms with E-state index in [1.165, 1.54) is 17.1 Å². The summed E-state index contributed by atoms with van der Waals surface area (Å²) in [6.07, 6.45) is 2.69. The van der Waals surface area contributed by atoms with Crippen LogP contribution in [0.4, 0.5) is 0 Å². The number of methoxy groups -OCH3 is 1. The predicted octanol–water partition coefficient (Wildman–Crippen LogP) is -3.32. The fourth-order valence-corrected chi connectivity index (χ4v) is 1.01. The van der Waals surface area contributed by atoms with Gasteiger partial charge in [-0.15, -0.1) is 0 Å². The van der Waals surface area contributed by atoms with Crippen LogP contribution in [-0.4, -0.2) is 28.5 Å². The van der Waals surface area contributed by atoms with Crippen LogP contribution in [0.5, 0.6) is 0 Å². The van der Waals surface area contributed by atoms with Crippen LogP contribution in [0.15, 0.2) is 12.4 Å². The van der Waals surface area contributed by atoms with Crippen LogP contribution in [-0.2, 0) is 11.3 Å². The molecule has 5 nitrogen and oxygen atoms in total. The summed E-state index contributed by atoms with van der Waals surface area (Å²) in [6, 6.07) is 0. The zero-order valence-corrected chi connectivity index (χ0v) is 9.48. The molecule has 0 bridgehead atoms. The fourth-order valence-electron chi connectivity index (χ4n) is 1.01. The summed E-state index contributed by atoms with van der Waals surface area (Å²) >= 11 is 0. The van der Waals surface area contributed by atoms with Gasteiger partial charge in [0.05, 0.1) is 24.3 Å². The van der Waals surface area contributed by atoms with Crippen LogP contribution in [0.2, 0.25) is 0 Å². The Bertz CT molecular complexity index is 336. The van der Waals surface area contributed by atoms with Crippen molar-refractivity contribution in [3.05, 3.63) is 18.0 Å². The smallest absolute Gasteiger partial charge is 0.545 e. The van der Waals surface area contributed by atoms with Gasteiger partial charge in [-0.2, -0.15) is 5.10 Å². The van der Waals surface area contributed by atoms with E-state index in [-0.39, 0.29) is 30.0 Å². The van der Waals surface area contributed by atoms with Gasteiger partial charge in [0.15, 0.2) is 0 Å². The Morgan fingerprint density at radius 3 is 2.67 bits per heavy atom. The third-order valence-corrected chi connectivity index (χ3v) is 1.96. The molecule has 0 radical (unpaired) electrons. The fraction of sp³-hybridized carbons (Fsp3) is 0.556. The van der Waals surface area contributed by atoms with E-state index in [1.54, 1.807) is 7.11 Å². The summed E-state index contributed by atoms with van der Waals surface area (Å²) in [5.74, 6) is -1.22. The monoisotopic (exact) mass is 204 g/mol. The van der Waals surface area contributed by atoms with E-state index in [0.717, 1.165) is 0 Å². The second kappa shape index (κ2) is 5.36. The van der Waals surface area contributed by atoms with Crippen molar-refractivity contribution in [3.8, 4) is 0 Å². The van der Waals surface area contributed by atoms with Gasteiger partial charge in [-0.1, -0.05) is 0 Å². The molecule has 1 rings (SSSR count). The average Bonchev–Trinajstić information content (AvgIpc) is 2.52. The third-order valence-electron chi connectivity index (χ3n) is 1.96. The van der Waals surface area contributed by atoms with Crippen molar-refractivity contribution in [1.82, 2.24) is 9.78 Å². The maximum Gasteiger partial charge on any atom is 1.00 e. The third kappa shape index (κ3) is 4.08. The molecule has 0 aliphatic carbocycles. The molecule has 0 fully saturated rings. The predicted molar refractivity (Wildman–Crippen MR) is 47.6 cm³/mol. The molecule has 0 aromatic carbocycles. The molecule has 1 aromatic rings. The molecule has 0 N–H and O–H groups in total. The van der Waals surface area contributed by atoms with Crippen LogP contribution in [0, 0.1) is 0 Å². The summed E-state index contributed by atoms with van der Waals surface area (Å²) < 4.78 is 6.71. The molecule has 0 aliphatic rings. The molecule has 0 atom stereocenters. The van der Waals surface area contributed by atoms with Gasteiger partial charge in [-0.05, 0) is 13.8 Å². The largest absolute Gasteiger partial charge is 1.00 e.